The maximum atomic E-state index is 10.7. The second-order valence-corrected chi connectivity index (χ2v) is 4.79. The highest BCUT2D eigenvalue weighted by Gasteiger charge is 2.07. The van der Waals surface area contributed by atoms with Crippen LogP contribution in [-0.4, -0.2) is 20.9 Å². The molecule has 0 fully saturated rings. The predicted octanol–water partition coefficient (Wildman–Crippen LogP) is 3.05. The number of nitrogens with zero attached hydrogens (tertiary/aromatic N) is 2. The van der Waals surface area contributed by atoms with Gasteiger partial charge in [-0.05, 0) is 33.6 Å². The van der Waals surface area contributed by atoms with Gasteiger partial charge in [0.05, 0.1) is 22.8 Å². The van der Waals surface area contributed by atoms with Crippen molar-refractivity contribution in [1.29, 1.82) is 0 Å². The van der Waals surface area contributed by atoms with Crippen molar-refractivity contribution in [3.8, 4) is 0 Å². The minimum absolute atomic E-state index is 0.181. The van der Waals surface area contributed by atoms with Crippen molar-refractivity contribution in [2.24, 2.45) is 0 Å². The summed E-state index contributed by atoms with van der Waals surface area (Å²) >= 11 is 9.31. The topological polar surface area (TPSA) is 55.1 Å². The molecule has 0 spiro atoms. The first kappa shape index (κ1) is 12.1. The van der Waals surface area contributed by atoms with Gasteiger partial charge in [0.15, 0.2) is 0 Å². The Hall–Kier alpha value is -1.33. The Kier molecular flexibility index (Phi) is 3.49. The molecule has 0 aliphatic rings. The van der Waals surface area contributed by atoms with Gasteiger partial charge < -0.3 is 5.11 Å². The van der Waals surface area contributed by atoms with Gasteiger partial charge in [-0.15, -0.1) is 0 Å². The molecule has 17 heavy (non-hydrogen) atoms. The second kappa shape index (κ2) is 4.89. The molecule has 6 heteroatoms. The van der Waals surface area contributed by atoms with E-state index in [0.717, 1.165) is 10.0 Å². The smallest absolute Gasteiger partial charge is 0.335 e. The largest absolute Gasteiger partial charge is 0.478 e. The number of aromatic carboxylic acids is 1. The van der Waals surface area contributed by atoms with E-state index in [9.17, 15) is 4.79 Å². The third kappa shape index (κ3) is 2.87. The van der Waals surface area contributed by atoms with Crippen LogP contribution >= 0.6 is 27.5 Å². The molecule has 1 N–H and O–H groups in total. The summed E-state index contributed by atoms with van der Waals surface area (Å²) in [6, 6.07) is 4.67. The number of carbonyl (C=O) groups is 1. The van der Waals surface area contributed by atoms with Crippen LogP contribution in [0.3, 0.4) is 0 Å². The standard InChI is InChI=1S/C11H8BrClN2O2/c12-9-4-14-15(6-9)5-8-2-1-7(11(16)17)3-10(8)13/h1-4,6H,5H2,(H,16,17). The van der Waals surface area contributed by atoms with E-state index in [1.807, 2.05) is 6.20 Å². The third-order valence-electron chi connectivity index (χ3n) is 2.23. The lowest BCUT2D eigenvalue weighted by atomic mass is 10.1. The number of halogens is 2. The van der Waals surface area contributed by atoms with Crippen molar-refractivity contribution in [2.45, 2.75) is 6.54 Å². The predicted molar refractivity (Wildman–Crippen MR) is 67.4 cm³/mol. The molecule has 0 saturated carbocycles. The highest BCUT2D eigenvalue weighted by molar-refractivity contribution is 9.10. The van der Waals surface area contributed by atoms with E-state index in [4.69, 9.17) is 16.7 Å². The maximum absolute atomic E-state index is 10.7. The van der Waals surface area contributed by atoms with Crippen molar-refractivity contribution >= 4 is 33.5 Å². The number of aromatic nitrogens is 2. The summed E-state index contributed by atoms with van der Waals surface area (Å²) in [7, 11) is 0. The minimum Gasteiger partial charge on any atom is -0.478 e. The van der Waals surface area contributed by atoms with E-state index in [2.05, 4.69) is 21.0 Å². The van der Waals surface area contributed by atoms with Gasteiger partial charge in [-0.25, -0.2) is 4.79 Å². The molecule has 1 aromatic heterocycles. The number of carboxylic acids is 1. The molecule has 2 aromatic rings. The molecular weight excluding hydrogens is 307 g/mol. The zero-order chi connectivity index (χ0) is 12.4. The van der Waals surface area contributed by atoms with E-state index in [0.29, 0.717) is 11.6 Å². The van der Waals surface area contributed by atoms with Crippen molar-refractivity contribution < 1.29 is 9.90 Å². The Morgan fingerprint density at radius 1 is 1.53 bits per heavy atom. The molecule has 0 saturated heterocycles. The number of hydrogen-bond donors (Lipinski definition) is 1. The fraction of sp³-hybridized carbons (Fsp3) is 0.0909. The first-order valence-corrected chi connectivity index (χ1v) is 5.93. The SMILES string of the molecule is O=C(O)c1ccc(Cn2cc(Br)cn2)c(Cl)c1. The second-order valence-electron chi connectivity index (χ2n) is 3.47. The van der Waals surface area contributed by atoms with Gasteiger partial charge in [0.25, 0.3) is 0 Å². The molecule has 1 aromatic carbocycles. The molecule has 2 rings (SSSR count). The van der Waals surface area contributed by atoms with Crippen LogP contribution in [0.15, 0.2) is 35.1 Å². The zero-order valence-corrected chi connectivity index (χ0v) is 10.9. The van der Waals surface area contributed by atoms with Crippen LogP contribution < -0.4 is 0 Å². The average molecular weight is 316 g/mol. The van der Waals surface area contributed by atoms with Gasteiger partial charge in [0, 0.05) is 11.2 Å². The van der Waals surface area contributed by atoms with Gasteiger partial charge in [-0.1, -0.05) is 17.7 Å². The normalized spacial score (nSPS) is 10.5. The van der Waals surface area contributed by atoms with Crippen LogP contribution in [0, 0.1) is 0 Å². The average Bonchev–Trinajstić information content (AvgIpc) is 2.67. The van der Waals surface area contributed by atoms with Crippen LogP contribution in [0.25, 0.3) is 0 Å². The molecule has 0 amide bonds. The summed E-state index contributed by atoms with van der Waals surface area (Å²) in [6.45, 7) is 0.504. The van der Waals surface area contributed by atoms with E-state index in [1.54, 1.807) is 16.9 Å². The Balaban J connectivity index is 2.25. The molecular formula is C11H8BrClN2O2. The van der Waals surface area contributed by atoms with Gasteiger partial charge in [0.1, 0.15) is 0 Å². The molecule has 0 radical (unpaired) electrons. The monoisotopic (exact) mass is 314 g/mol. The Labute approximate surface area is 111 Å². The Morgan fingerprint density at radius 3 is 2.82 bits per heavy atom. The Bertz CT molecular complexity index is 568. The summed E-state index contributed by atoms with van der Waals surface area (Å²) in [5, 5.41) is 13.3. The van der Waals surface area contributed by atoms with Crippen molar-refractivity contribution in [3.63, 3.8) is 0 Å². The van der Waals surface area contributed by atoms with Crippen LogP contribution in [-0.2, 0) is 6.54 Å². The lowest BCUT2D eigenvalue weighted by Crippen LogP contribution is -2.02. The first-order valence-electron chi connectivity index (χ1n) is 4.76. The van der Waals surface area contributed by atoms with Crippen LogP contribution in [0.2, 0.25) is 5.02 Å². The van der Waals surface area contributed by atoms with E-state index in [1.165, 1.54) is 12.1 Å². The van der Waals surface area contributed by atoms with Crippen molar-refractivity contribution in [1.82, 2.24) is 9.78 Å². The number of carboxylic acid groups (broad SMARTS) is 1. The number of rotatable bonds is 3. The number of hydrogen-bond acceptors (Lipinski definition) is 2. The summed E-state index contributed by atoms with van der Waals surface area (Å²) in [6.07, 6.45) is 3.50. The van der Waals surface area contributed by atoms with Gasteiger partial charge >= 0.3 is 5.97 Å². The fourth-order valence-corrected chi connectivity index (χ4v) is 1.98. The van der Waals surface area contributed by atoms with E-state index < -0.39 is 5.97 Å². The quantitative estimate of drug-likeness (QED) is 0.947. The Morgan fingerprint density at radius 2 is 2.29 bits per heavy atom. The minimum atomic E-state index is -0.986. The maximum Gasteiger partial charge on any atom is 0.335 e. The molecule has 0 aliphatic heterocycles. The fourth-order valence-electron chi connectivity index (χ4n) is 1.41. The number of benzene rings is 1. The summed E-state index contributed by atoms with van der Waals surface area (Å²) in [5.74, 6) is -0.986. The zero-order valence-electron chi connectivity index (χ0n) is 8.60. The molecule has 0 atom stereocenters. The van der Waals surface area contributed by atoms with Crippen LogP contribution in [0.1, 0.15) is 15.9 Å². The summed E-state index contributed by atoms with van der Waals surface area (Å²) in [5.41, 5.74) is 1.01. The third-order valence-corrected chi connectivity index (χ3v) is 3.00. The van der Waals surface area contributed by atoms with E-state index in [-0.39, 0.29) is 5.56 Å². The highest BCUT2D eigenvalue weighted by atomic mass is 79.9. The van der Waals surface area contributed by atoms with Crippen LogP contribution in [0.4, 0.5) is 0 Å². The van der Waals surface area contributed by atoms with Crippen molar-refractivity contribution in [3.05, 3.63) is 51.2 Å². The summed E-state index contributed by atoms with van der Waals surface area (Å²) in [4.78, 5) is 10.7. The molecule has 88 valence electrons. The van der Waals surface area contributed by atoms with Crippen LogP contribution in [0.5, 0.6) is 0 Å². The lowest BCUT2D eigenvalue weighted by molar-refractivity contribution is 0.0697. The molecule has 4 nitrogen and oxygen atoms in total. The summed E-state index contributed by atoms with van der Waals surface area (Å²) < 4.78 is 2.60. The molecule has 0 unspecified atom stereocenters. The molecule has 0 bridgehead atoms. The van der Waals surface area contributed by atoms with Crippen molar-refractivity contribution in [2.75, 3.05) is 0 Å². The lowest BCUT2D eigenvalue weighted by Gasteiger charge is -2.05. The highest BCUT2D eigenvalue weighted by Crippen LogP contribution is 2.19. The van der Waals surface area contributed by atoms with E-state index >= 15 is 0 Å². The molecule has 0 aliphatic carbocycles. The molecule has 1 heterocycles. The van der Waals surface area contributed by atoms with Gasteiger partial charge in [-0.3, -0.25) is 4.68 Å². The van der Waals surface area contributed by atoms with Gasteiger partial charge in [-0.2, -0.15) is 5.10 Å². The first-order chi connectivity index (χ1) is 8.06. The van der Waals surface area contributed by atoms with Gasteiger partial charge in [0.2, 0.25) is 0 Å².